The number of sulfonamides is 1. The Morgan fingerprint density at radius 3 is 2.44 bits per heavy atom. The molecule has 0 spiro atoms. The molecule has 0 saturated heterocycles. The van der Waals surface area contributed by atoms with Crippen molar-refractivity contribution >= 4 is 28.6 Å². The summed E-state index contributed by atoms with van der Waals surface area (Å²) in [5.41, 5.74) is 0.863. The maximum absolute atomic E-state index is 11.5. The molecule has 1 aromatic carbocycles. The molecule has 0 saturated carbocycles. The second kappa shape index (κ2) is 6.77. The van der Waals surface area contributed by atoms with Gasteiger partial charge < -0.3 is 5.32 Å². The first-order valence-corrected chi connectivity index (χ1v) is 7.49. The van der Waals surface area contributed by atoms with E-state index in [1.54, 1.807) is 12.1 Å². The highest BCUT2D eigenvalue weighted by Gasteiger charge is 2.08. The average Bonchev–Trinajstić information content (AvgIpc) is 2.32. The van der Waals surface area contributed by atoms with Crippen LogP contribution in [0.2, 0.25) is 0 Å². The van der Waals surface area contributed by atoms with Gasteiger partial charge in [-0.05, 0) is 24.7 Å². The molecule has 2 N–H and O–H groups in total. The summed E-state index contributed by atoms with van der Waals surface area (Å²) in [7, 11) is -1.93. The molecule has 0 radical (unpaired) electrons. The number of carbonyl (C=O) groups excluding carboxylic acids is 1. The monoisotopic (exact) mass is 288 g/mol. The second-order valence-corrected chi connectivity index (χ2v) is 6.28. The number of amides is 1. The van der Waals surface area contributed by atoms with Crippen molar-refractivity contribution in [1.82, 2.24) is 10.0 Å². The van der Waals surface area contributed by atoms with Gasteiger partial charge in [0.15, 0.2) is 0 Å². The minimum Gasteiger partial charge on any atom is -0.355 e. The van der Waals surface area contributed by atoms with Gasteiger partial charge in [0.25, 0.3) is 0 Å². The zero-order valence-corrected chi connectivity index (χ0v) is 11.7. The average molecular weight is 288 g/mol. The van der Waals surface area contributed by atoms with Crippen molar-refractivity contribution in [3.05, 3.63) is 29.8 Å². The molecule has 0 fully saturated rings. The van der Waals surface area contributed by atoms with Gasteiger partial charge in [-0.15, -0.1) is 12.6 Å². The molecule has 0 aliphatic heterocycles. The van der Waals surface area contributed by atoms with Crippen LogP contribution in [-0.2, 0) is 21.2 Å². The van der Waals surface area contributed by atoms with E-state index in [2.05, 4.69) is 22.7 Å². The van der Waals surface area contributed by atoms with Crippen LogP contribution in [0.4, 0.5) is 0 Å². The molecule has 1 amide bonds. The van der Waals surface area contributed by atoms with Crippen LogP contribution >= 0.6 is 12.6 Å². The summed E-state index contributed by atoms with van der Waals surface area (Å²) >= 11 is 4.15. The molecule has 0 bridgehead atoms. The van der Waals surface area contributed by atoms with Crippen LogP contribution in [0.5, 0.6) is 0 Å². The number of rotatable bonds is 6. The van der Waals surface area contributed by atoms with Crippen LogP contribution in [0.3, 0.4) is 0 Å². The Hall–Kier alpha value is -1.05. The number of hydrogen-bond donors (Lipinski definition) is 3. The normalized spacial score (nSPS) is 11.2. The lowest BCUT2D eigenvalue weighted by Gasteiger charge is -2.06. The summed E-state index contributed by atoms with van der Waals surface area (Å²) in [5, 5.41) is 2.56. The third kappa shape index (κ3) is 5.52. The molecule has 0 atom stereocenters. The first-order chi connectivity index (χ1) is 8.43. The quantitative estimate of drug-likeness (QED) is 0.654. The van der Waals surface area contributed by atoms with Gasteiger partial charge in [-0.1, -0.05) is 12.1 Å². The molecule has 0 unspecified atom stereocenters. The third-order valence-electron chi connectivity index (χ3n) is 2.30. The molecule has 1 rings (SSSR count). The van der Waals surface area contributed by atoms with E-state index in [4.69, 9.17) is 0 Å². The molecular weight excluding hydrogens is 272 g/mol. The smallest absolute Gasteiger partial charge is 0.224 e. The molecule has 1 aromatic rings. The zero-order valence-electron chi connectivity index (χ0n) is 10.0. The predicted molar refractivity (Wildman–Crippen MR) is 73.3 cm³/mol. The third-order valence-corrected chi connectivity index (χ3v) is 3.97. The second-order valence-electron chi connectivity index (χ2n) is 3.72. The van der Waals surface area contributed by atoms with Gasteiger partial charge >= 0.3 is 0 Å². The van der Waals surface area contributed by atoms with Crippen LogP contribution in [-0.4, -0.2) is 33.7 Å². The van der Waals surface area contributed by atoms with E-state index in [0.717, 1.165) is 10.5 Å². The summed E-state index contributed by atoms with van der Waals surface area (Å²) in [6.07, 6.45) is 0.230. The molecule has 0 aliphatic carbocycles. The van der Waals surface area contributed by atoms with Crippen molar-refractivity contribution < 1.29 is 13.2 Å². The maximum atomic E-state index is 11.5. The Balaban J connectivity index is 2.36. The van der Waals surface area contributed by atoms with Crippen LogP contribution in [0.25, 0.3) is 0 Å². The molecule has 18 heavy (non-hydrogen) atoms. The fourth-order valence-electron chi connectivity index (χ4n) is 1.29. The van der Waals surface area contributed by atoms with Crippen molar-refractivity contribution in [3.8, 4) is 0 Å². The van der Waals surface area contributed by atoms with Crippen molar-refractivity contribution in [2.45, 2.75) is 11.3 Å². The van der Waals surface area contributed by atoms with E-state index in [1.807, 2.05) is 12.1 Å². The molecule has 0 aromatic heterocycles. The minimum absolute atomic E-state index is 0.104. The van der Waals surface area contributed by atoms with Gasteiger partial charge in [0.05, 0.1) is 12.2 Å². The van der Waals surface area contributed by atoms with Gasteiger partial charge in [-0.2, -0.15) is 0 Å². The molecule has 100 valence electrons. The van der Waals surface area contributed by atoms with Crippen molar-refractivity contribution in [2.24, 2.45) is 0 Å². The van der Waals surface area contributed by atoms with Gasteiger partial charge in [0.2, 0.25) is 15.9 Å². The molecule has 0 aliphatic rings. The van der Waals surface area contributed by atoms with E-state index < -0.39 is 10.0 Å². The van der Waals surface area contributed by atoms with Crippen molar-refractivity contribution in [2.75, 3.05) is 19.3 Å². The van der Waals surface area contributed by atoms with Gasteiger partial charge in [-0.25, -0.2) is 13.1 Å². The summed E-state index contributed by atoms with van der Waals surface area (Å²) in [6, 6.07) is 7.23. The topological polar surface area (TPSA) is 75.3 Å². The minimum atomic E-state index is -3.27. The Kier molecular flexibility index (Phi) is 5.64. The number of benzene rings is 1. The lowest BCUT2D eigenvalue weighted by molar-refractivity contribution is -0.120. The van der Waals surface area contributed by atoms with Crippen LogP contribution in [0.1, 0.15) is 5.56 Å². The van der Waals surface area contributed by atoms with E-state index >= 15 is 0 Å². The highest BCUT2D eigenvalue weighted by Crippen LogP contribution is 2.07. The van der Waals surface area contributed by atoms with E-state index in [1.165, 1.54) is 7.05 Å². The summed E-state index contributed by atoms with van der Waals surface area (Å²) in [6.45, 7) is 0.104. The summed E-state index contributed by atoms with van der Waals surface area (Å²) in [4.78, 5) is 12.4. The van der Waals surface area contributed by atoms with Gasteiger partial charge in [0, 0.05) is 11.4 Å². The van der Waals surface area contributed by atoms with E-state index in [0.29, 0.717) is 0 Å². The summed E-state index contributed by atoms with van der Waals surface area (Å²) < 4.78 is 24.4. The first kappa shape index (κ1) is 15.0. The predicted octanol–water partition coefficient (Wildman–Crippen LogP) is 0.183. The fraction of sp³-hybridized carbons (Fsp3) is 0.364. The molecular formula is C11H16N2O3S2. The Morgan fingerprint density at radius 1 is 1.28 bits per heavy atom. The largest absolute Gasteiger partial charge is 0.355 e. The van der Waals surface area contributed by atoms with Crippen molar-refractivity contribution in [1.29, 1.82) is 0 Å². The van der Waals surface area contributed by atoms with Gasteiger partial charge in [0.1, 0.15) is 0 Å². The SMILES string of the molecule is CNS(=O)(=O)CCNC(=O)Cc1ccc(S)cc1. The fourth-order valence-corrected chi connectivity index (χ4v) is 2.01. The lowest BCUT2D eigenvalue weighted by Crippen LogP contribution is -2.33. The maximum Gasteiger partial charge on any atom is 0.224 e. The Bertz CT molecular complexity index is 498. The Labute approximate surface area is 112 Å². The highest BCUT2D eigenvalue weighted by atomic mass is 32.2. The highest BCUT2D eigenvalue weighted by molar-refractivity contribution is 7.89. The zero-order chi connectivity index (χ0) is 13.6. The lowest BCUT2D eigenvalue weighted by atomic mass is 10.1. The first-order valence-electron chi connectivity index (χ1n) is 5.39. The van der Waals surface area contributed by atoms with E-state index in [9.17, 15) is 13.2 Å². The van der Waals surface area contributed by atoms with Crippen LogP contribution in [0.15, 0.2) is 29.2 Å². The van der Waals surface area contributed by atoms with Gasteiger partial charge in [-0.3, -0.25) is 4.79 Å². The standard InChI is InChI=1S/C11H16N2O3S2/c1-12-18(15,16)7-6-13-11(14)8-9-2-4-10(17)5-3-9/h2-5,12,17H,6-8H2,1H3,(H,13,14). The Morgan fingerprint density at radius 2 is 1.89 bits per heavy atom. The number of hydrogen-bond acceptors (Lipinski definition) is 4. The van der Waals surface area contributed by atoms with Crippen LogP contribution < -0.4 is 10.0 Å². The number of carbonyl (C=O) groups is 1. The number of nitrogens with one attached hydrogen (secondary N) is 2. The van der Waals surface area contributed by atoms with Crippen LogP contribution in [0, 0.1) is 0 Å². The molecule has 0 heterocycles. The van der Waals surface area contributed by atoms with E-state index in [-0.39, 0.29) is 24.6 Å². The number of thiol groups is 1. The van der Waals surface area contributed by atoms with Crippen molar-refractivity contribution in [3.63, 3.8) is 0 Å². The summed E-state index contributed by atoms with van der Waals surface area (Å²) in [5.74, 6) is -0.321. The molecule has 5 nitrogen and oxygen atoms in total. The molecule has 7 heteroatoms.